The van der Waals surface area contributed by atoms with Gasteiger partial charge in [-0.3, -0.25) is 9.59 Å². The molecular weight excluding hydrogens is 304 g/mol. The molecule has 1 unspecified atom stereocenters. The van der Waals surface area contributed by atoms with Gasteiger partial charge in [-0.1, -0.05) is 42.5 Å². The van der Waals surface area contributed by atoms with E-state index in [2.05, 4.69) is 5.32 Å². The molecule has 0 spiro atoms. The minimum absolute atomic E-state index is 0.00905. The molecule has 0 saturated heterocycles. The highest BCUT2D eigenvalue weighted by molar-refractivity contribution is 5.91. The zero-order valence-corrected chi connectivity index (χ0v) is 13.9. The fourth-order valence-electron chi connectivity index (χ4n) is 2.22. The number of likely N-dealkylation sites (N-methyl/N-ethyl adjacent to an activating group) is 1. The minimum atomic E-state index is -0.830. The molecule has 2 aromatic carbocycles. The van der Waals surface area contributed by atoms with Gasteiger partial charge in [0.25, 0.3) is 0 Å². The van der Waals surface area contributed by atoms with Gasteiger partial charge in [-0.05, 0) is 23.3 Å². The van der Waals surface area contributed by atoms with Crippen molar-refractivity contribution in [1.82, 2.24) is 4.90 Å². The summed E-state index contributed by atoms with van der Waals surface area (Å²) in [5.41, 5.74) is 2.24. The number of benzene rings is 2. The van der Waals surface area contributed by atoms with E-state index in [1.165, 1.54) is 0 Å². The molecular formula is C19H22N2O3. The Morgan fingerprint density at radius 2 is 1.67 bits per heavy atom. The van der Waals surface area contributed by atoms with Crippen molar-refractivity contribution < 1.29 is 14.7 Å². The van der Waals surface area contributed by atoms with Gasteiger partial charge in [-0.15, -0.1) is 0 Å². The molecule has 0 aromatic heterocycles. The maximum atomic E-state index is 12.0. The van der Waals surface area contributed by atoms with E-state index in [9.17, 15) is 14.7 Å². The summed E-state index contributed by atoms with van der Waals surface area (Å²) < 4.78 is 0. The lowest BCUT2D eigenvalue weighted by atomic mass is 10.1. The second-order valence-corrected chi connectivity index (χ2v) is 5.84. The highest BCUT2D eigenvalue weighted by Gasteiger charge is 2.13. The largest absolute Gasteiger partial charge is 0.388 e. The van der Waals surface area contributed by atoms with Crippen molar-refractivity contribution in [2.24, 2.45) is 0 Å². The summed E-state index contributed by atoms with van der Waals surface area (Å²) in [7, 11) is 3.43. The summed E-state index contributed by atoms with van der Waals surface area (Å²) in [6.07, 6.45) is -0.512. The molecule has 0 bridgehead atoms. The van der Waals surface area contributed by atoms with Crippen LogP contribution in [0.15, 0.2) is 54.6 Å². The first-order chi connectivity index (χ1) is 11.5. The minimum Gasteiger partial charge on any atom is -0.388 e. The van der Waals surface area contributed by atoms with Crippen molar-refractivity contribution in [3.05, 3.63) is 65.7 Å². The number of aliphatic hydroxyl groups excluding tert-OH is 1. The van der Waals surface area contributed by atoms with Gasteiger partial charge < -0.3 is 15.3 Å². The average molecular weight is 326 g/mol. The Morgan fingerprint density at radius 1 is 1.04 bits per heavy atom. The van der Waals surface area contributed by atoms with Crippen LogP contribution in [0.3, 0.4) is 0 Å². The van der Waals surface area contributed by atoms with Crippen LogP contribution < -0.4 is 5.32 Å². The number of aliphatic hydroxyl groups is 1. The predicted octanol–water partition coefficient (Wildman–Crippen LogP) is 2.38. The van der Waals surface area contributed by atoms with Gasteiger partial charge in [0.05, 0.1) is 18.9 Å². The van der Waals surface area contributed by atoms with Gasteiger partial charge in [0.15, 0.2) is 0 Å². The summed E-state index contributed by atoms with van der Waals surface area (Å²) in [4.78, 5) is 25.2. The maximum Gasteiger partial charge on any atom is 0.227 e. The molecule has 24 heavy (non-hydrogen) atoms. The van der Waals surface area contributed by atoms with Gasteiger partial charge in [-0.2, -0.15) is 0 Å². The third kappa shape index (κ3) is 5.21. The molecule has 0 aliphatic rings. The molecule has 0 aliphatic heterocycles. The zero-order valence-electron chi connectivity index (χ0n) is 13.9. The van der Waals surface area contributed by atoms with E-state index in [1.54, 1.807) is 43.3 Å². The molecule has 0 fully saturated rings. The normalized spacial score (nSPS) is 11.6. The molecule has 0 heterocycles. The highest BCUT2D eigenvalue weighted by Crippen LogP contribution is 2.17. The molecule has 2 N–H and O–H groups in total. The van der Waals surface area contributed by atoms with E-state index in [4.69, 9.17) is 0 Å². The lowest BCUT2D eigenvalue weighted by Gasteiger charge is -2.12. The number of hydrogen-bond acceptors (Lipinski definition) is 3. The van der Waals surface area contributed by atoms with Crippen LogP contribution in [0, 0.1) is 0 Å². The number of amides is 2. The van der Waals surface area contributed by atoms with Crippen molar-refractivity contribution in [2.75, 3.05) is 19.4 Å². The Balaban J connectivity index is 1.89. The number of anilines is 1. The molecule has 2 rings (SSSR count). The van der Waals surface area contributed by atoms with Crippen LogP contribution in [0.4, 0.5) is 5.69 Å². The molecule has 1 atom stereocenters. The van der Waals surface area contributed by atoms with Crippen molar-refractivity contribution in [2.45, 2.75) is 18.9 Å². The molecule has 0 radical (unpaired) electrons. The Bertz CT molecular complexity index is 682. The lowest BCUT2D eigenvalue weighted by molar-refractivity contribution is -0.128. The molecule has 0 saturated carbocycles. The number of nitrogens with one attached hydrogen (secondary N) is 1. The monoisotopic (exact) mass is 326 g/mol. The average Bonchev–Trinajstić information content (AvgIpc) is 2.57. The van der Waals surface area contributed by atoms with E-state index in [-0.39, 0.29) is 18.2 Å². The van der Waals surface area contributed by atoms with Crippen LogP contribution in [0.1, 0.15) is 23.7 Å². The van der Waals surface area contributed by atoms with Crippen LogP contribution in [-0.2, 0) is 16.0 Å². The van der Waals surface area contributed by atoms with Crippen LogP contribution in [0.5, 0.6) is 0 Å². The Kier molecular flexibility index (Phi) is 6.09. The smallest absolute Gasteiger partial charge is 0.227 e. The van der Waals surface area contributed by atoms with Gasteiger partial charge in [0.2, 0.25) is 11.8 Å². The number of hydrogen-bond donors (Lipinski definition) is 2. The van der Waals surface area contributed by atoms with Crippen LogP contribution in [-0.4, -0.2) is 35.9 Å². The topological polar surface area (TPSA) is 69.6 Å². The second-order valence-electron chi connectivity index (χ2n) is 5.84. The van der Waals surface area contributed by atoms with Crippen molar-refractivity contribution in [3.63, 3.8) is 0 Å². The summed E-state index contributed by atoms with van der Waals surface area (Å²) in [6.45, 7) is 0. The van der Waals surface area contributed by atoms with Crippen LogP contribution >= 0.6 is 0 Å². The first kappa shape index (κ1) is 17.7. The lowest BCUT2D eigenvalue weighted by Crippen LogP contribution is -2.23. The van der Waals surface area contributed by atoms with E-state index in [0.717, 1.165) is 5.56 Å². The molecule has 5 heteroatoms. The third-order valence-corrected chi connectivity index (χ3v) is 3.65. The Hall–Kier alpha value is -2.66. The second kappa shape index (κ2) is 8.26. The van der Waals surface area contributed by atoms with E-state index in [1.807, 2.05) is 30.3 Å². The molecule has 5 nitrogen and oxygen atoms in total. The first-order valence-electron chi connectivity index (χ1n) is 7.77. The Labute approximate surface area is 141 Å². The van der Waals surface area contributed by atoms with Gasteiger partial charge in [0.1, 0.15) is 0 Å². The Morgan fingerprint density at radius 3 is 2.25 bits per heavy atom. The van der Waals surface area contributed by atoms with E-state index in [0.29, 0.717) is 17.7 Å². The SMILES string of the molecule is CN(C)C(=O)Cc1ccc(NC(=O)CC(O)c2ccccc2)cc1. The third-order valence-electron chi connectivity index (χ3n) is 3.65. The first-order valence-corrected chi connectivity index (χ1v) is 7.77. The molecule has 0 aliphatic carbocycles. The molecule has 2 amide bonds. The molecule has 2 aromatic rings. The van der Waals surface area contributed by atoms with Crippen molar-refractivity contribution in [3.8, 4) is 0 Å². The number of carbonyl (C=O) groups is 2. The van der Waals surface area contributed by atoms with E-state index < -0.39 is 6.10 Å². The van der Waals surface area contributed by atoms with Crippen LogP contribution in [0.25, 0.3) is 0 Å². The van der Waals surface area contributed by atoms with Gasteiger partial charge in [-0.25, -0.2) is 0 Å². The fourth-order valence-corrected chi connectivity index (χ4v) is 2.22. The van der Waals surface area contributed by atoms with Gasteiger partial charge >= 0.3 is 0 Å². The summed E-state index contributed by atoms with van der Waals surface area (Å²) in [5, 5.41) is 12.8. The highest BCUT2D eigenvalue weighted by atomic mass is 16.3. The number of carbonyl (C=O) groups excluding carboxylic acids is 2. The number of rotatable bonds is 6. The van der Waals surface area contributed by atoms with Gasteiger partial charge in [0, 0.05) is 19.8 Å². The predicted molar refractivity (Wildman–Crippen MR) is 93.5 cm³/mol. The standard InChI is InChI=1S/C19H22N2O3/c1-21(2)19(24)12-14-8-10-16(11-9-14)20-18(23)13-17(22)15-6-4-3-5-7-15/h3-11,17,22H,12-13H2,1-2H3,(H,20,23). The molecule has 126 valence electrons. The summed E-state index contributed by atoms with van der Waals surface area (Å²) in [6, 6.07) is 16.2. The number of nitrogens with zero attached hydrogens (tertiary/aromatic N) is 1. The fraction of sp³-hybridized carbons (Fsp3) is 0.263. The maximum absolute atomic E-state index is 12.0. The van der Waals surface area contributed by atoms with Crippen molar-refractivity contribution >= 4 is 17.5 Å². The summed E-state index contributed by atoms with van der Waals surface area (Å²) >= 11 is 0. The zero-order chi connectivity index (χ0) is 17.5. The summed E-state index contributed by atoms with van der Waals surface area (Å²) in [5.74, 6) is -0.235. The van der Waals surface area contributed by atoms with Crippen molar-refractivity contribution in [1.29, 1.82) is 0 Å². The van der Waals surface area contributed by atoms with E-state index >= 15 is 0 Å². The van der Waals surface area contributed by atoms with Crippen LogP contribution in [0.2, 0.25) is 0 Å². The quantitative estimate of drug-likeness (QED) is 0.856.